The molecule has 15 heavy (non-hydrogen) atoms. The lowest BCUT2D eigenvalue weighted by Crippen LogP contribution is -2.43. The van der Waals surface area contributed by atoms with Crippen LogP contribution in [0, 0.1) is 5.92 Å². The molecule has 0 aromatic heterocycles. The number of amides is 1. The van der Waals surface area contributed by atoms with Crippen molar-refractivity contribution in [2.24, 2.45) is 5.92 Å². The molecule has 1 aliphatic rings. The standard InChI is InChI=1S/C11H23N3O/c1-9-5-7-12-10(9)11(15)13-6-4-8-14(2)3/h9-10,12H,4-8H2,1-3H3,(H,13,15). The predicted molar refractivity (Wildman–Crippen MR) is 61.8 cm³/mol. The number of hydrogen-bond acceptors (Lipinski definition) is 3. The highest BCUT2D eigenvalue weighted by Crippen LogP contribution is 2.13. The zero-order valence-corrected chi connectivity index (χ0v) is 10.0. The largest absolute Gasteiger partial charge is 0.355 e. The summed E-state index contributed by atoms with van der Waals surface area (Å²) in [6.45, 7) is 4.90. The normalized spacial score (nSPS) is 25.9. The third-order valence-corrected chi connectivity index (χ3v) is 2.90. The zero-order valence-electron chi connectivity index (χ0n) is 10.0. The van der Waals surface area contributed by atoms with Gasteiger partial charge in [-0.15, -0.1) is 0 Å². The van der Waals surface area contributed by atoms with Crippen LogP contribution in [0.2, 0.25) is 0 Å². The Kier molecular flexibility index (Phi) is 5.05. The highest BCUT2D eigenvalue weighted by molar-refractivity contribution is 5.82. The van der Waals surface area contributed by atoms with Crippen LogP contribution in [0.25, 0.3) is 0 Å². The highest BCUT2D eigenvalue weighted by atomic mass is 16.2. The van der Waals surface area contributed by atoms with E-state index in [1.165, 1.54) is 0 Å². The van der Waals surface area contributed by atoms with Gasteiger partial charge in [-0.1, -0.05) is 6.92 Å². The van der Waals surface area contributed by atoms with Gasteiger partial charge >= 0.3 is 0 Å². The van der Waals surface area contributed by atoms with Crippen molar-refractivity contribution in [3.05, 3.63) is 0 Å². The van der Waals surface area contributed by atoms with Crippen LogP contribution in [0.3, 0.4) is 0 Å². The summed E-state index contributed by atoms with van der Waals surface area (Å²) in [5.41, 5.74) is 0. The number of nitrogens with zero attached hydrogens (tertiary/aromatic N) is 1. The Hall–Kier alpha value is -0.610. The van der Waals surface area contributed by atoms with E-state index in [4.69, 9.17) is 0 Å². The molecule has 0 aromatic carbocycles. The van der Waals surface area contributed by atoms with Crippen LogP contribution in [-0.4, -0.2) is 50.6 Å². The van der Waals surface area contributed by atoms with Gasteiger partial charge in [-0.3, -0.25) is 4.79 Å². The molecule has 0 aromatic rings. The van der Waals surface area contributed by atoms with Crippen LogP contribution < -0.4 is 10.6 Å². The molecule has 1 aliphatic heterocycles. The Morgan fingerprint density at radius 3 is 2.80 bits per heavy atom. The second-order valence-corrected chi connectivity index (χ2v) is 4.65. The smallest absolute Gasteiger partial charge is 0.237 e. The summed E-state index contributed by atoms with van der Waals surface area (Å²) >= 11 is 0. The molecule has 0 spiro atoms. The molecule has 1 amide bonds. The lowest BCUT2D eigenvalue weighted by atomic mass is 10.0. The van der Waals surface area contributed by atoms with E-state index in [0.29, 0.717) is 5.92 Å². The molecule has 1 rings (SSSR count). The van der Waals surface area contributed by atoms with Gasteiger partial charge in [0.1, 0.15) is 0 Å². The molecule has 0 aliphatic carbocycles. The molecule has 0 radical (unpaired) electrons. The fraction of sp³-hybridized carbons (Fsp3) is 0.909. The number of nitrogens with one attached hydrogen (secondary N) is 2. The monoisotopic (exact) mass is 213 g/mol. The van der Waals surface area contributed by atoms with Gasteiger partial charge in [-0.05, 0) is 45.9 Å². The predicted octanol–water partition coefficient (Wildman–Crippen LogP) is 0.0523. The maximum absolute atomic E-state index is 11.7. The zero-order chi connectivity index (χ0) is 11.3. The lowest BCUT2D eigenvalue weighted by Gasteiger charge is -2.16. The minimum absolute atomic E-state index is 0.0318. The summed E-state index contributed by atoms with van der Waals surface area (Å²) in [6, 6.07) is 0.0318. The summed E-state index contributed by atoms with van der Waals surface area (Å²) in [5, 5.41) is 6.22. The minimum Gasteiger partial charge on any atom is -0.355 e. The van der Waals surface area contributed by atoms with Crippen molar-refractivity contribution >= 4 is 5.91 Å². The average Bonchev–Trinajstić information content (AvgIpc) is 2.58. The molecule has 2 N–H and O–H groups in total. The molecule has 0 bridgehead atoms. The Morgan fingerprint density at radius 2 is 2.27 bits per heavy atom. The van der Waals surface area contributed by atoms with Gasteiger partial charge in [-0.25, -0.2) is 0 Å². The van der Waals surface area contributed by atoms with Gasteiger partial charge in [-0.2, -0.15) is 0 Å². The summed E-state index contributed by atoms with van der Waals surface area (Å²) in [7, 11) is 4.09. The molecule has 1 fully saturated rings. The third kappa shape index (κ3) is 4.18. The van der Waals surface area contributed by atoms with E-state index in [9.17, 15) is 4.79 Å². The molecular formula is C11H23N3O. The van der Waals surface area contributed by atoms with Gasteiger partial charge in [0.05, 0.1) is 6.04 Å². The Balaban J connectivity index is 2.13. The van der Waals surface area contributed by atoms with Crippen molar-refractivity contribution in [2.75, 3.05) is 33.7 Å². The van der Waals surface area contributed by atoms with Crippen molar-refractivity contribution in [3.8, 4) is 0 Å². The van der Waals surface area contributed by atoms with E-state index < -0.39 is 0 Å². The third-order valence-electron chi connectivity index (χ3n) is 2.90. The quantitative estimate of drug-likeness (QED) is 0.634. The summed E-state index contributed by atoms with van der Waals surface area (Å²) < 4.78 is 0. The van der Waals surface area contributed by atoms with Crippen LogP contribution in [0.1, 0.15) is 19.8 Å². The molecule has 88 valence electrons. The fourth-order valence-corrected chi connectivity index (χ4v) is 1.90. The molecule has 0 saturated carbocycles. The van der Waals surface area contributed by atoms with Gasteiger partial charge in [0.2, 0.25) is 5.91 Å². The minimum atomic E-state index is 0.0318. The SMILES string of the molecule is CC1CCNC1C(=O)NCCCN(C)C. The average molecular weight is 213 g/mol. The molecule has 1 heterocycles. The first kappa shape index (κ1) is 12.5. The van der Waals surface area contributed by atoms with Crippen LogP contribution >= 0.6 is 0 Å². The van der Waals surface area contributed by atoms with E-state index in [-0.39, 0.29) is 11.9 Å². The van der Waals surface area contributed by atoms with Crippen LogP contribution in [-0.2, 0) is 4.79 Å². The van der Waals surface area contributed by atoms with Crippen LogP contribution in [0.4, 0.5) is 0 Å². The highest BCUT2D eigenvalue weighted by Gasteiger charge is 2.28. The van der Waals surface area contributed by atoms with Gasteiger partial charge < -0.3 is 15.5 Å². The number of carbonyl (C=O) groups is 1. The summed E-state index contributed by atoms with van der Waals surface area (Å²) in [4.78, 5) is 13.8. The van der Waals surface area contributed by atoms with Crippen molar-refractivity contribution in [1.29, 1.82) is 0 Å². The van der Waals surface area contributed by atoms with E-state index in [1.54, 1.807) is 0 Å². The number of hydrogen-bond donors (Lipinski definition) is 2. The van der Waals surface area contributed by atoms with Crippen molar-refractivity contribution < 1.29 is 4.79 Å². The Labute approximate surface area is 92.4 Å². The van der Waals surface area contributed by atoms with Gasteiger partial charge in [0, 0.05) is 6.54 Å². The maximum Gasteiger partial charge on any atom is 0.237 e. The van der Waals surface area contributed by atoms with Gasteiger partial charge in [0.15, 0.2) is 0 Å². The van der Waals surface area contributed by atoms with Gasteiger partial charge in [0.25, 0.3) is 0 Å². The molecule has 1 saturated heterocycles. The van der Waals surface area contributed by atoms with E-state index in [2.05, 4.69) is 22.5 Å². The van der Waals surface area contributed by atoms with E-state index >= 15 is 0 Å². The van der Waals surface area contributed by atoms with Crippen molar-refractivity contribution in [1.82, 2.24) is 15.5 Å². The van der Waals surface area contributed by atoms with Crippen LogP contribution in [0.5, 0.6) is 0 Å². The number of rotatable bonds is 5. The maximum atomic E-state index is 11.7. The van der Waals surface area contributed by atoms with E-state index in [1.807, 2.05) is 14.1 Å². The molecule has 4 nitrogen and oxygen atoms in total. The molecule has 2 atom stereocenters. The second kappa shape index (κ2) is 6.08. The van der Waals surface area contributed by atoms with E-state index in [0.717, 1.165) is 32.5 Å². The first-order valence-corrected chi connectivity index (χ1v) is 5.77. The lowest BCUT2D eigenvalue weighted by molar-refractivity contribution is -0.123. The topological polar surface area (TPSA) is 44.4 Å². The summed E-state index contributed by atoms with van der Waals surface area (Å²) in [6.07, 6.45) is 2.12. The second-order valence-electron chi connectivity index (χ2n) is 4.65. The van der Waals surface area contributed by atoms with Crippen LogP contribution in [0.15, 0.2) is 0 Å². The first-order valence-electron chi connectivity index (χ1n) is 5.77. The first-order chi connectivity index (χ1) is 7.11. The molecular weight excluding hydrogens is 190 g/mol. The van der Waals surface area contributed by atoms with Crippen molar-refractivity contribution in [2.45, 2.75) is 25.8 Å². The molecule has 4 heteroatoms. The summed E-state index contributed by atoms with van der Waals surface area (Å²) in [5.74, 6) is 0.637. The Morgan fingerprint density at radius 1 is 1.53 bits per heavy atom. The van der Waals surface area contributed by atoms with Crippen molar-refractivity contribution in [3.63, 3.8) is 0 Å². The number of carbonyl (C=O) groups excluding carboxylic acids is 1. The Bertz CT molecular complexity index is 206. The fourth-order valence-electron chi connectivity index (χ4n) is 1.90. The molecule has 2 unspecified atom stereocenters.